The molecule has 8 atom stereocenters. The van der Waals surface area contributed by atoms with Crippen molar-refractivity contribution in [3.8, 4) is 28.1 Å². The third-order valence-electron chi connectivity index (χ3n) is 13.2. The Bertz CT molecular complexity index is 2540. The van der Waals surface area contributed by atoms with Gasteiger partial charge in [0, 0.05) is 37.3 Å². The van der Waals surface area contributed by atoms with E-state index in [9.17, 15) is 19.2 Å². The highest BCUT2D eigenvalue weighted by Gasteiger charge is 2.44. The number of benzene rings is 3. The molecule has 0 spiro atoms. The molecule has 334 valence electrons. The SMILES string of the molecule is CC[C@H]1CC[C@@H](c2nc3ccc4cc5c(cc4c3[nH]2)OCc2cc(-c3cnc([C@@H]4CC[C@H](C)N4C(=O)[C@@H](NC(=O)OC)[C@@H](C)OC)[nH]3)ccc2-5)N1C(=O)[C@@H](NC(=O)OC)[C@@H](C)OC. The van der Waals surface area contributed by atoms with Crippen molar-refractivity contribution < 1.29 is 42.9 Å². The first-order valence-corrected chi connectivity index (χ1v) is 21.6. The fourth-order valence-electron chi connectivity index (χ4n) is 9.52. The van der Waals surface area contributed by atoms with Crippen LogP contribution < -0.4 is 15.4 Å². The van der Waals surface area contributed by atoms with Gasteiger partial charge in [0.2, 0.25) is 11.8 Å². The Morgan fingerprint density at radius 2 is 1.48 bits per heavy atom. The first-order chi connectivity index (χ1) is 30.4. The number of likely N-dealkylation sites (tertiary alicyclic amines) is 2. The summed E-state index contributed by atoms with van der Waals surface area (Å²) in [6.45, 7) is 7.90. The third-order valence-corrected chi connectivity index (χ3v) is 13.2. The molecule has 2 aromatic heterocycles. The van der Waals surface area contributed by atoms with E-state index in [0.717, 1.165) is 74.8 Å². The zero-order valence-corrected chi connectivity index (χ0v) is 36.9. The summed E-state index contributed by atoms with van der Waals surface area (Å²) < 4.78 is 27.0. The van der Waals surface area contributed by atoms with Gasteiger partial charge < -0.3 is 54.1 Å². The zero-order chi connectivity index (χ0) is 44.7. The van der Waals surface area contributed by atoms with Gasteiger partial charge in [-0.2, -0.15) is 0 Å². The molecule has 3 aromatic carbocycles. The fraction of sp³-hybridized carbons (Fsp3) is 0.478. The predicted octanol–water partition coefficient (Wildman–Crippen LogP) is 6.68. The summed E-state index contributed by atoms with van der Waals surface area (Å²) >= 11 is 0. The molecule has 3 aliphatic rings. The number of fused-ring (bicyclic) bond motifs is 6. The molecule has 0 bridgehead atoms. The highest BCUT2D eigenvalue weighted by atomic mass is 16.5. The molecule has 0 unspecified atom stereocenters. The van der Waals surface area contributed by atoms with Crippen molar-refractivity contribution in [2.75, 3.05) is 28.4 Å². The van der Waals surface area contributed by atoms with Crippen molar-refractivity contribution in [1.29, 1.82) is 0 Å². The fourth-order valence-corrected chi connectivity index (χ4v) is 9.52. The van der Waals surface area contributed by atoms with Crippen LogP contribution >= 0.6 is 0 Å². The van der Waals surface area contributed by atoms with Gasteiger partial charge in [0.15, 0.2) is 0 Å². The van der Waals surface area contributed by atoms with Crippen LogP contribution in [0.4, 0.5) is 9.59 Å². The normalized spacial score (nSPS) is 21.3. The number of amides is 4. The molecule has 3 aliphatic heterocycles. The number of carbonyl (C=O) groups is 4. The zero-order valence-electron chi connectivity index (χ0n) is 36.9. The largest absolute Gasteiger partial charge is 0.488 e. The average Bonchev–Trinajstić information content (AvgIpc) is 4.13. The van der Waals surface area contributed by atoms with Crippen molar-refractivity contribution in [3.63, 3.8) is 0 Å². The van der Waals surface area contributed by atoms with Crippen LogP contribution in [0.1, 0.15) is 89.1 Å². The van der Waals surface area contributed by atoms with Crippen LogP contribution in [0.3, 0.4) is 0 Å². The minimum atomic E-state index is -0.936. The number of H-pyrrole nitrogens is 2. The van der Waals surface area contributed by atoms with E-state index in [2.05, 4.69) is 63.9 Å². The average molecular weight is 865 g/mol. The van der Waals surface area contributed by atoms with Crippen LogP contribution in [0.2, 0.25) is 0 Å². The highest BCUT2D eigenvalue weighted by molar-refractivity contribution is 6.07. The Morgan fingerprint density at radius 1 is 0.810 bits per heavy atom. The number of rotatable bonds is 12. The number of imidazole rings is 2. The van der Waals surface area contributed by atoms with Gasteiger partial charge in [0.1, 0.15) is 36.1 Å². The van der Waals surface area contributed by atoms with Gasteiger partial charge in [-0.3, -0.25) is 9.59 Å². The molecule has 2 saturated heterocycles. The second kappa shape index (κ2) is 17.9. The van der Waals surface area contributed by atoms with Crippen LogP contribution in [-0.2, 0) is 35.1 Å². The number of aromatic amines is 2. The summed E-state index contributed by atoms with van der Waals surface area (Å²) in [4.78, 5) is 73.1. The Kier molecular flexibility index (Phi) is 12.3. The number of alkyl carbamates (subject to hydrolysis) is 2. The van der Waals surface area contributed by atoms with Gasteiger partial charge in [-0.1, -0.05) is 25.1 Å². The second-order valence-electron chi connectivity index (χ2n) is 16.7. The number of hydrogen-bond acceptors (Lipinski definition) is 11. The second-order valence-corrected chi connectivity index (χ2v) is 16.7. The summed E-state index contributed by atoms with van der Waals surface area (Å²) in [5.41, 5.74) is 6.44. The molecule has 8 rings (SSSR count). The Morgan fingerprint density at radius 3 is 2.14 bits per heavy atom. The minimum Gasteiger partial charge on any atom is -0.488 e. The lowest BCUT2D eigenvalue weighted by molar-refractivity contribution is -0.140. The lowest BCUT2D eigenvalue weighted by atomic mass is 9.92. The molecule has 0 saturated carbocycles. The van der Waals surface area contributed by atoms with Crippen molar-refractivity contribution in [3.05, 3.63) is 65.9 Å². The molecule has 5 aromatic rings. The van der Waals surface area contributed by atoms with Gasteiger partial charge in [-0.05, 0) is 99.2 Å². The number of nitrogens with one attached hydrogen (secondary N) is 4. The van der Waals surface area contributed by atoms with Gasteiger partial charge in [0.05, 0.1) is 61.4 Å². The van der Waals surface area contributed by atoms with Crippen LogP contribution in [0.15, 0.2) is 48.7 Å². The monoisotopic (exact) mass is 864 g/mol. The molecular weight excluding hydrogens is 809 g/mol. The molecule has 0 radical (unpaired) electrons. The van der Waals surface area contributed by atoms with Gasteiger partial charge >= 0.3 is 12.2 Å². The molecule has 17 heteroatoms. The highest BCUT2D eigenvalue weighted by Crippen LogP contribution is 2.44. The summed E-state index contributed by atoms with van der Waals surface area (Å²) in [5.74, 6) is 1.60. The van der Waals surface area contributed by atoms with E-state index in [1.54, 1.807) is 24.9 Å². The predicted molar refractivity (Wildman–Crippen MR) is 234 cm³/mol. The van der Waals surface area contributed by atoms with E-state index < -0.39 is 36.5 Å². The standard InChI is InChI=1S/C46H56N8O9/c1-9-29-13-17-36(54(29)44(56)39(25(4)60-6)52-46(58)62-8)42-48-33-15-12-26-19-32-30-14-11-27(18-28(30)22-63-37(32)20-31(26)40(33)50-42)34-21-47-41(49-34)35-16-10-23(2)53(35)43(55)38(24(3)59-5)51-45(57)61-7/h11-12,14-15,18-21,23-25,29,35-36,38-39H,9-10,13,16-17,22H2,1-8H3,(H,47,49)(H,48,50)(H,51,57)(H,52,58)/t23-,24+,25+,29-,35-,36-,38-,39-/m0/s1. The topological polar surface area (TPSA) is 202 Å². The van der Waals surface area contributed by atoms with Gasteiger partial charge in [-0.15, -0.1) is 0 Å². The number of nitrogens with zero attached hydrogens (tertiary/aromatic N) is 4. The Labute approximate surface area is 365 Å². The molecular formula is C46H56N8O9. The van der Waals surface area contributed by atoms with E-state index in [0.29, 0.717) is 31.1 Å². The number of methoxy groups -OCH3 is 4. The van der Waals surface area contributed by atoms with Crippen molar-refractivity contribution in [1.82, 2.24) is 40.4 Å². The summed E-state index contributed by atoms with van der Waals surface area (Å²) in [6, 6.07) is 11.9. The van der Waals surface area contributed by atoms with E-state index in [-0.39, 0.29) is 36.0 Å². The molecule has 2 fully saturated rings. The maximum atomic E-state index is 14.2. The molecule has 63 heavy (non-hydrogen) atoms. The minimum absolute atomic E-state index is 0.0338. The van der Waals surface area contributed by atoms with Crippen LogP contribution in [0, 0.1) is 0 Å². The van der Waals surface area contributed by atoms with E-state index >= 15 is 0 Å². The van der Waals surface area contributed by atoms with Gasteiger partial charge in [-0.25, -0.2) is 19.6 Å². The molecule has 17 nitrogen and oxygen atoms in total. The third kappa shape index (κ3) is 8.03. The summed E-state index contributed by atoms with van der Waals surface area (Å²) in [7, 11) is 5.54. The molecule has 0 aliphatic carbocycles. The number of aromatic nitrogens is 4. The lowest BCUT2D eigenvalue weighted by Crippen LogP contribution is -2.55. The molecule has 4 N–H and O–H groups in total. The first kappa shape index (κ1) is 43.4. The van der Waals surface area contributed by atoms with Gasteiger partial charge in [0.25, 0.3) is 0 Å². The van der Waals surface area contributed by atoms with E-state index in [1.807, 2.05) is 17.9 Å². The number of ether oxygens (including phenoxy) is 5. The van der Waals surface area contributed by atoms with E-state index in [1.165, 1.54) is 28.4 Å². The number of carbonyl (C=O) groups excluding carboxylic acids is 4. The Balaban J connectivity index is 1.05. The summed E-state index contributed by atoms with van der Waals surface area (Å²) in [6.07, 6.45) is 2.98. The lowest BCUT2D eigenvalue weighted by Gasteiger charge is -2.34. The first-order valence-electron chi connectivity index (χ1n) is 21.6. The van der Waals surface area contributed by atoms with Crippen molar-refractivity contribution in [2.45, 2.75) is 115 Å². The maximum absolute atomic E-state index is 14.2. The molecule has 5 heterocycles. The van der Waals surface area contributed by atoms with Crippen LogP contribution in [0.5, 0.6) is 5.75 Å². The smallest absolute Gasteiger partial charge is 0.407 e. The van der Waals surface area contributed by atoms with Crippen molar-refractivity contribution in [2.24, 2.45) is 0 Å². The van der Waals surface area contributed by atoms with Crippen LogP contribution in [-0.4, -0.2) is 119 Å². The molecule has 4 amide bonds. The maximum Gasteiger partial charge on any atom is 0.407 e. The van der Waals surface area contributed by atoms with E-state index in [4.69, 9.17) is 33.7 Å². The quantitative estimate of drug-likeness (QED) is 0.104. The number of hydrogen-bond donors (Lipinski definition) is 4. The van der Waals surface area contributed by atoms with Crippen LogP contribution in [0.25, 0.3) is 44.2 Å². The Hall–Kier alpha value is -6.20. The summed E-state index contributed by atoms with van der Waals surface area (Å²) in [5, 5.41) is 7.30. The van der Waals surface area contributed by atoms with Crippen molar-refractivity contribution >= 4 is 45.8 Å².